The summed E-state index contributed by atoms with van der Waals surface area (Å²) >= 11 is 0. The minimum Gasteiger partial charge on any atom is -0.475 e. The number of hydrogen-bond acceptors (Lipinski definition) is 9. The van der Waals surface area contributed by atoms with Crippen molar-refractivity contribution in [2.24, 2.45) is 0 Å². The lowest BCUT2D eigenvalue weighted by Gasteiger charge is -2.27. The molecule has 17 heteroatoms. The molecule has 2 N–H and O–H groups in total. The van der Waals surface area contributed by atoms with E-state index in [4.69, 9.17) is 34.5 Å². The van der Waals surface area contributed by atoms with Crippen molar-refractivity contribution < 1.29 is 50.9 Å². The highest BCUT2D eigenvalue weighted by Crippen LogP contribution is 2.23. The van der Waals surface area contributed by atoms with Gasteiger partial charge in [-0.25, -0.2) is 24.5 Å². The predicted octanol–water partition coefficient (Wildman–Crippen LogP) is 2.28. The minimum atomic E-state index is -5.08. The third kappa shape index (κ3) is 9.28. The molecular weight excluding hydrogens is 530 g/mol. The van der Waals surface area contributed by atoms with Crippen molar-refractivity contribution in [3.63, 3.8) is 0 Å². The summed E-state index contributed by atoms with van der Waals surface area (Å²) in [5, 5.41) is 14.2. The van der Waals surface area contributed by atoms with Crippen molar-refractivity contribution in [3.05, 3.63) is 35.5 Å². The number of halogens is 6. The minimum absolute atomic E-state index is 0.750. The normalized spacial score (nSPS) is 15.7. The van der Waals surface area contributed by atoms with Gasteiger partial charge in [0.2, 0.25) is 5.95 Å². The van der Waals surface area contributed by atoms with Crippen LogP contribution in [0.15, 0.2) is 18.6 Å². The van der Waals surface area contributed by atoms with Gasteiger partial charge in [-0.3, -0.25) is 4.98 Å². The second-order valence-corrected chi connectivity index (χ2v) is 7.79. The summed E-state index contributed by atoms with van der Waals surface area (Å²) in [5.41, 5.74) is 3.57. The first-order valence-corrected chi connectivity index (χ1v) is 11.0. The second-order valence-electron chi connectivity index (χ2n) is 7.79. The molecule has 2 aromatic heterocycles. The molecule has 38 heavy (non-hydrogen) atoms. The van der Waals surface area contributed by atoms with Gasteiger partial charge in [0, 0.05) is 50.7 Å². The third-order valence-corrected chi connectivity index (χ3v) is 5.19. The highest BCUT2D eigenvalue weighted by molar-refractivity contribution is 5.73. The Morgan fingerprint density at radius 1 is 0.868 bits per heavy atom. The Labute approximate surface area is 212 Å². The molecule has 2 aliphatic heterocycles. The summed E-state index contributed by atoms with van der Waals surface area (Å²) in [5.74, 6) is -3.73. The van der Waals surface area contributed by atoms with Crippen LogP contribution in [0, 0.1) is 6.92 Å². The molecule has 0 unspecified atom stereocenters. The van der Waals surface area contributed by atoms with Crippen LogP contribution in [-0.4, -0.2) is 93.8 Å². The number of rotatable bonds is 2. The summed E-state index contributed by atoms with van der Waals surface area (Å²) in [4.78, 5) is 40.5. The van der Waals surface area contributed by atoms with Crippen LogP contribution in [0.2, 0.25) is 0 Å². The second kappa shape index (κ2) is 13.2. The van der Waals surface area contributed by atoms with Gasteiger partial charge >= 0.3 is 24.3 Å². The SMILES string of the molecule is Cc1nc(N2CCOCC2)nc2c1CCN(c1cnccn1)CC2.O=C(O)C(F)(F)F.O=C(O)C(F)(F)F. The Morgan fingerprint density at radius 2 is 1.42 bits per heavy atom. The fourth-order valence-electron chi connectivity index (χ4n) is 3.36. The fraction of sp³-hybridized carbons (Fsp3) is 0.524. The van der Waals surface area contributed by atoms with Crippen LogP contribution in [0.25, 0.3) is 0 Å². The van der Waals surface area contributed by atoms with Crippen molar-refractivity contribution in [2.75, 3.05) is 49.2 Å². The summed E-state index contributed by atoms with van der Waals surface area (Å²) in [7, 11) is 0. The number of carboxylic acid groups (broad SMARTS) is 2. The van der Waals surface area contributed by atoms with Crippen molar-refractivity contribution in [3.8, 4) is 0 Å². The lowest BCUT2D eigenvalue weighted by Crippen LogP contribution is -2.37. The van der Waals surface area contributed by atoms with E-state index in [0.717, 1.165) is 69.7 Å². The average Bonchev–Trinajstić information content (AvgIpc) is 3.08. The molecule has 0 saturated carbocycles. The standard InChI is InChI=1S/C17H22N6O.2C2HF3O2/c1-13-14-2-6-22(16-12-18-4-5-19-16)7-3-15(14)21-17(20-13)23-8-10-24-11-9-23;2*3-2(4,5)1(6)7/h4-5,12H,2-3,6-11H2,1H3;2*(H,6,7). The van der Waals surface area contributed by atoms with Crippen molar-refractivity contribution in [1.29, 1.82) is 0 Å². The number of carbonyl (C=O) groups is 2. The number of alkyl halides is 6. The van der Waals surface area contributed by atoms with E-state index < -0.39 is 24.3 Å². The molecule has 0 atom stereocenters. The van der Waals surface area contributed by atoms with E-state index in [1.165, 1.54) is 11.3 Å². The van der Waals surface area contributed by atoms with Crippen LogP contribution in [0.3, 0.4) is 0 Å². The van der Waals surface area contributed by atoms with Gasteiger partial charge in [-0.1, -0.05) is 0 Å². The monoisotopic (exact) mass is 554 g/mol. The Morgan fingerprint density at radius 3 is 1.92 bits per heavy atom. The molecule has 2 aliphatic rings. The first-order chi connectivity index (χ1) is 17.7. The average molecular weight is 554 g/mol. The van der Waals surface area contributed by atoms with Crippen molar-refractivity contribution >= 4 is 23.7 Å². The third-order valence-electron chi connectivity index (χ3n) is 5.19. The molecule has 4 rings (SSSR count). The molecule has 2 aromatic rings. The Balaban J connectivity index is 0.000000301. The molecule has 0 aliphatic carbocycles. The van der Waals surface area contributed by atoms with Crippen molar-refractivity contribution in [2.45, 2.75) is 32.1 Å². The van der Waals surface area contributed by atoms with E-state index in [1.54, 1.807) is 12.4 Å². The van der Waals surface area contributed by atoms with Crippen LogP contribution in [0.1, 0.15) is 17.0 Å². The zero-order valence-corrected chi connectivity index (χ0v) is 20.0. The largest absolute Gasteiger partial charge is 0.490 e. The van der Waals surface area contributed by atoms with Crippen LogP contribution in [0.4, 0.5) is 38.1 Å². The first-order valence-electron chi connectivity index (χ1n) is 11.0. The van der Waals surface area contributed by atoms with E-state index >= 15 is 0 Å². The molecule has 0 spiro atoms. The fourth-order valence-corrected chi connectivity index (χ4v) is 3.36. The lowest BCUT2D eigenvalue weighted by molar-refractivity contribution is -0.193. The lowest BCUT2D eigenvalue weighted by atomic mass is 10.1. The molecule has 0 amide bonds. The first kappa shape index (κ1) is 30.5. The van der Waals surface area contributed by atoms with Gasteiger partial charge in [0.1, 0.15) is 5.82 Å². The van der Waals surface area contributed by atoms with E-state index in [2.05, 4.69) is 26.7 Å². The smallest absolute Gasteiger partial charge is 0.475 e. The molecular formula is C21H24F6N6O5. The summed E-state index contributed by atoms with van der Waals surface area (Å²) in [6.07, 6.45) is -3.03. The van der Waals surface area contributed by atoms with Gasteiger partial charge in [0.15, 0.2) is 0 Å². The number of anilines is 2. The number of aryl methyl sites for hydroxylation is 1. The van der Waals surface area contributed by atoms with E-state index in [0.29, 0.717) is 0 Å². The Bertz CT molecular complexity index is 1060. The van der Waals surface area contributed by atoms with Gasteiger partial charge < -0.3 is 24.7 Å². The van der Waals surface area contributed by atoms with Gasteiger partial charge in [-0.15, -0.1) is 0 Å². The number of carboxylic acids is 2. The van der Waals surface area contributed by atoms with Crippen LogP contribution >= 0.6 is 0 Å². The zero-order valence-electron chi connectivity index (χ0n) is 20.0. The number of ether oxygens (including phenoxy) is 1. The number of hydrogen-bond donors (Lipinski definition) is 2. The van der Waals surface area contributed by atoms with Crippen molar-refractivity contribution in [1.82, 2.24) is 19.9 Å². The Kier molecular flexibility index (Phi) is 10.5. The van der Waals surface area contributed by atoms with Gasteiger partial charge in [0.05, 0.1) is 25.1 Å². The molecule has 0 bridgehead atoms. The maximum absolute atomic E-state index is 10.6. The molecule has 1 fully saturated rings. The number of aromatic nitrogens is 4. The summed E-state index contributed by atoms with van der Waals surface area (Å²) in [6, 6.07) is 0. The van der Waals surface area contributed by atoms with Gasteiger partial charge in [-0.2, -0.15) is 26.3 Å². The molecule has 11 nitrogen and oxygen atoms in total. The highest BCUT2D eigenvalue weighted by atomic mass is 19.4. The van der Waals surface area contributed by atoms with Crippen LogP contribution in [-0.2, 0) is 27.2 Å². The molecule has 0 radical (unpaired) electrons. The summed E-state index contributed by atoms with van der Waals surface area (Å²) in [6.45, 7) is 7.16. The molecule has 1 saturated heterocycles. The van der Waals surface area contributed by atoms with E-state index in [9.17, 15) is 26.3 Å². The van der Waals surface area contributed by atoms with Crippen LogP contribution < -0.4 is 9.80 Å². The topological polar surface area (TPSA) is 142 Å². The van der Waals surface area contributed by atoms with Gasteiger partial charge in [0.25, 0.3) is 0 Å². The summed E-state index contributed by atoms with van der Waals surface area (Å²) < 4.78 is 68.9. The number of aliphatic carboxylic acids is 2. The maximum atomic E-state index is 10.6. The van der Waals surface area contributed by atoms with E-state index in [-0.39, 0.29) is 0 Å². The zero-order chi connectivity index (χ0) is 28.5. The predicted molar refractivity (Wildman–Crippen MR) is 119 cm³/mol. The maximum Gasteiger partial charge on any atom is 0.490 e. The molecule has 4 heterocycles. The van der Waals surface area contributed by atoms with Crippen LogP contribution in [0.5, 0.6) is 0 Å². The Hall–Kier alpha value is -3.76. The molecule has 0 aromatic carbocycles. The quantitative estimate of drug-likeness (QED) is 0.528. The number of morpholine rings is 1. The number of nitrogens with zero attached hydrogens (tertiary/aromatic N) is 6. The molecule has 210 valence electrons. The highest BCUT2D eigenvalue weighted by Gasteiger charge is 2.38. The van der Waals surface area contributed by atoms with E-state index in [1.807, 2.05) is 6.20 Å². The van der Waals surface area contributed by atoms with Gasteiger partial charge in [-0.05, 0) is 18.9 Å². The number of fused-ring (bicyclic) bond motifs is 1.